The van der Waals surface area contributed by atoms with Gasteiger partial charge in [0.15, 0.2) is 0 Å². The lowest BCUT2D eigenvalue weighted by atomic mass is 10.2. The molecule has 0 bridgehead atoms. The Labute approximate surface area is 136 Å². The summed E-state index contributed by atoms with van der Waals surface area (Å²) in [6.45, 7) is 0.111. The predicted octanol–water partition coefficient (Wildman–Crippen LogP) is 3.02. The van der Waals surface area contributed by atoms with Crippen molar-refractivity contribution in [3.8, 4) is 5.75 Å². The zero-order chi connectivity index (χ0) is 15.6. The number of aromatic hydroxyl groups is 1. The Morgan fingerprint density at radius 2 is 2.10 bits per heavy atom. The number of halogens is 2. The maximum Gasteiger partial charge on any atom is 0.246 e. The number of aromatic nitrogens is 1. The Morgan fingerprint density at radius 3 is 2.76 bits per heavy atom. The van der Waals surface area contributed by atoms with Crippen molar-refractivity contribution in [3.05, 3.63) is 51.7 Å². The molecule has 1 heterocycles. The Kier molecular flexibility index (Phi) is 4.88. The number of rotatable bonds is 4. The molecular weight excluding hydrogens is 380 g/mol. The lowest BCUT2D eigenvalue weighted by molar-refractivity contribution is 0.458. The molecule has 0 saturated heterocycles. The number of pyridine rings is 1. The van der Waals surface area contributed by atoms with Crippen molar-refractivity contribution >= 4 is 37.6 Å². The molecule has 1 aromatic carbocycles. The van der Waals surface area contributed by atoms with Crippen molar-refractivity contribution in [1.82, 2.24) is 9.29 Å². The third-order valence-corrected chi connectivity index (χ3v) is 5.44. The van der Waals surface area contributed by atoms with E-state index in [-0.39, 0.29) is 22.3 Å². The van der Waals surface area contributed by atoms with Gasteiger partial charge in [-0.2, -0.15) is 4.31 Å². The summed E-state index contributed by atoms with van der Waals surface area (Å²) >= 11 is 9.05. The van der Waals surface area contributed by atoms with E-state index in [1.807, 2.05) is 0 Å². The van der Waals surface area contributed by atoms with Gasteiger partial charge in [-0.25, -0.2) is 13.4 Å². The van der Waals surface area contributed by atoms with Crippen molar-refractivity contribution in [1.29, 1.82) is 0 Å². The molecule has 112 valence electrons. The lowest BCUT2D eigenvalue weighted by Gasteiger charge is -2.18. The molecule has 2 rings (SSSR count). The van der Waals surface area contributed by atoms with Gasteiger partial charge in [0.2, 0.25) is 10.0 Å². The van der Waals surface area contributed by atoms with E-state index in [0.29, 0.717) is 10.0 Å². The van der Waals surface area contributed by atoms with E-state index in [9.17, 15) is 13.5 Å². The first-order valence-corrected chi connectivity index (χ1v) is 8.47. The zero-order valence-electron chi connectivity index (χ0n) is 11.0. The second-order valence-corrected chi connectivity index (χ2v) is 7.66. The molecule has 8 heteroatoms. The molecule has 1 aromatic heterocycles. The molecule has 0 fully saturated rings. The molecule has 0 unspecified atom stereocenters. The normalized spacial score (nSPS) is 11.8. The summed E-state index contributed by atoms with van der Waals surface area (Å²) in [5.74, 6) is 0.0838. The van der Waals surface area contributed by atoms with Crippen LogP contribution in [0.15, 0.2) is 45.9 Å². The van der Waals surface area contributed by atoms with Gasteiger partial charge in [-0.15, -0.1) is 0 Å². The number of phenols is 1. The summed E-state index contributed by atoms with van der Waals surface area (Å²) < 4.78 is 26.7. The monoisotopic (exact) mass is 390 g/mol. The van der Waals surface area contributed by atoms with Crippen LogP contribution in [-0.2, 0) is 16.6 Å². The summed E-state index contributed by atoms with van der Waals surface area (Å²) in [5.41, 5.74) is 0.667. The van der Waals surface area contributed by atoms with E-state index in [2.05, 4.69) is 20.9 Å². The Balaban J connectivity index is 2.33. The minimum atomic E-state index is -3.78. The first-order chi connectivity index (χ1) is 9.80. The van der Waals surface area contributed by atoms with Crippen LogP contribution >= 0.6 is 27.5 Å². The average molecular weight is 392 g/mol. The van der Waals surface area contributed by atoms with Gasteiger partial charge < -0.3 is 5.11 Å². The van der Waals surface area contributed by atoms with Gasteiger partial charge in [-0.3, -0.25) is 0 Å². The van der Waals surface area contributed by atoms with E-state index in [1.54, 1.807) is 12.1 Å². The van der Waals surface area contributed by atoms with Crippen LogP contribution in [0.1, 0.15) is 5.56 Å². The van der Waals surface area contributed by atoms with Crippen molar-refractivity contribution in [2.24, 2.45) is 0 Å². The van der Waals surface area contributed by atoms with Crippen LogP contribution in [-0.4, -0.2) is 29.9 Å². The van der Waals surface area contributed by atoms with Crippen LogP contribution in [0, 0.1) is 0 Å². The van der Waals surface area contributed by atoms with Crippen LogP contribution < -0.4 is 0 Å². The van der Waals surface area contributed by atoms with Gasteiger partial charge in [0.1, 0.15) is 15.8 Å². The van der Waals surface area contributed by atoms with Crippen LogP contribution in [0.4, 0.5) is 0 Å². The first-order valence-electron chi connectivity index (χ1n) is 5.86. The smallest absolute Gasteiger partial charge is 0.246 e. The molecule has 0 aliphatic carbocycles. The number of phenolic OH excluding ortho intramolecular Hbond substituents is 1. The van der Waals surface area contributed by atoms with Crippen LogP contribution in [0.3, 0.4) is 0 Å². The SMILES string of the molecule is CN(Cc1cccc(O)c1)S(=O)(=O)c1cc(Br)cnc1Cl. The molecule has 0 amide bonds. The van der Waals surface area contributed by atoms with E-state index in [0.717, 1.165) is 4.31 Å². The summed E-state index contributed by atoms with van der Waals surface area (Å²) in [5, 5.41) is 9.34. The summed E-state index contributed by atoms with van der Waals surface area (Å²) in [6, 6.07) is 7.81. The molecule has 0 aliphatic rings. The van der Waals surface area contributed by atoms with Crippen molar-refractivity contribution < 1.29 is 13.5 Å². The fraction of sp³-hybridized carbons (Fsp3) is 0.154. The zero-order valence-corrected chi connectivity index (χ0v) is 14.2. The van der Waals surface area contributed by atoms with Crippen molar-refractivity contribution in [2.75, 3.05) is 7.05 Å². The molecule has 0 aliphatic heterocycles. The lowest BCUT2D eigenvalue weighted by Crippen LogP contribution is -2.27. The highest BCUT2D eigenvalue weighted by atomic mass is 79.9. The maximum absolute atomic E-state index is 12.5. The number of hydrogen-bond acceptors (Lipinski definition) is 4. The molecule has 0 saturated carbocycles. The van der Waals surface area contributed by atoms with Crippen molar-refractivity contribution in [2.45, 2.75) is 11.4 Å². The van der Waals surface area contributed by atoms with E-state index >= 15 is 0 Å². The highest BCUT2D eigenvalue weighted by Gasteiger charge is 2.25. The number of benzene rings is 1. The Hall–Kier alpha value is -1.15. The average Bonchev–Trinajstić information content (AvgIpc) is 2.41. The third-order valence-electron chi connectivity index (χ3n) is 2.78. The van der Waals surface area contributed by atoms with Gasteiger partial charge in [0.25, 0.3) is 0 Å². The van der Waals surface area contributed by atoms with Gasteiger partial charge >= 0.3 is 0 Å². The summed E-state index contributed by atoms with van der Waals surface area (Å²) in [7, 11) is -2.33. The van der Waals surface area contributed by atoms with Gasteiger partial charge in [0.05, 0.1) is 0 Å². The highest BCUT2D eigenvalue weighted by Crippen LogP contribution is 2.26. The van der Waals surface area contributed by atoms with Gasteiger partial charge in [0, 0.05) is 24.3 Å². The summed E-state index contributed by atoms with van der Waals surface area (Å²) in [4.78, 5) is 3.75. The third kappa shape index (κ3) is 3.74. The number of hydrogen-bond donors (Lipinski definition) is 1. The fourth-order valence-corrected chi connectivity index (χ4v) is 3.82. The highest BCUT2D eigenvalue weighted by molar-refractivity contribution is 9.10. The van der Waals surface area contributed by atoms with Crippen molar-refractivity contribution in [3.63, 3.8) is 0 Å². The summed E-state index contributed by atoms with van der Waals surface area (Å²) in [6.07, 6.45) is 1.43. The topological polar surface area (TPSA) is 70.5 Å². The fourth-order valence-electron chi connectivity index (χ4n) is 1.75. The molecule has 21 heavy (non-hydrogen) atoms. The molecule has 1 N–H and O–H groups in total. The Bertz CT molecular complexity index is 768. The minimum absolute atomic E-state index is 0.0683. The molecule has 0 atom stereocenters. The van der Waals surface area contributed by atoms with Crippen LogP contribution in [0.25, 0.3) is 0 Å². The first kappa shape index (κ1) is 16.2. The minimum Gasteiger partial charge on any atom is -0.508 e. The molecule has 0 spiro atoms. The molecule has 0 radical (unpaired) electrons. The van der Waals surface area contributed by atoms with E-state index < -0.39 is 10.0 Å². The standard InChI is InChI=1S/C13H12BrClN2O3S/c1-17(8-9-3-2-4-11(18)5-9)21(19,20)12-6-10(14)7-16-13(12)15/h2-7,18H,8H2,1H3. The molecular formula is C13H12BrClN2O3S. The second-order valence-electron chi connectivity index (χ2n) is 4.37. The van der Waals surface area contributed by atoms with E-state index in [4.69, 9.17) is 11.6 Å². The van der Waals surface area contributed by atoms with Gasteiger partial charge in [-0.1, -0.05) is 23.7 Å². The number of nitrogens with zero attached hydrogens (tertiary/aromatic N) is 2. The Morgan fingerprint density at radius 1 is 1.38 bits per heavy atom. The molecule has 2 aromatic rings. The van der Waals surface area contributed by atoms with Crippen LogP contribution in [0.5, 0.6) is 5.75 Å². The number of sulfonamides is 1. The maximum atomic E-state index is 12.5. The van der Waals surface area contributed by atoms with Crippen LogP contribution in [0.2, 0.25) is 5.15 Å². The van der Waals surface area contributed by atoms with E-state index in [1.165, 1.54) is 31.4 Å². The second kappa shape index (κ2) is 6.31. The van der Waals surface area contributed by atoms with Gasteiger partial charge in [-0.05, 0) is 39.7 Å². The molecule has 5 nitrogen and oxygen atoms in total. The largest absolute Gasteiger partial charge is 0.508 e. The quantitative estimate of drug-likeness (QED) is 0.813. The predicted molar refractivity (Wildman–Crippen MR) is 83.7 cm³/mol.